The Morgan fingerprint density at radius 1 is 0.731 bits per heavy atom. The maximum atomic E-state index is 13.1. The molecule has 0 atom stereocenters. The first-order valence-electron chi connectivity index (χ1n) is 17.6. The first kappa shape index (κ1) is 35.9. The molecule has 1 fully saturated rings. The van der Waals surface area contributed by atoms with Crippen molar-refractivity contribution in [2.45, 2.75) is 27.0 Å². The van der Waals surface area contributed by atoms with E-state index in [2.05, 4.69) is 40.2 Å². The van der Waals surface area contributed by atoms with Gasteiger partial charge in [-0.2, -0.15) is 0 Å². The Morgan fingerprint density at radius 3 is 2.10 bits per heavy atom. The maximum absolute atomic E-state index is 13.1. The van der Waals surface area contributed by atoms with Gasteiger partial charge in [-0.25, -0.2) is 4.98 Å². The molecule has 8 nitrogen and oxygen atoms in total. The zero-order valence-electron chi connectivity index (χ0n) is 30.0. The summed E-state index contributed by atoms with van der Waals surface area (Å²) in [5.74, 6) is 3.59. The molecule has 1 aliphatic heterocycles. The second kappa shape index (κ2) is 17.9. The van der Waals surface area contributed by atoms with E-state index in [0.717, 1.165) is 64.7 Å². The first-order chi connectivity index (χ1) is 25.4. The fraction of sp³-hybridized carbons (Fsp3) is 0.227. The van der Waals surface area contributed by atoms with Gasteiger partial charge in [0.2, 0.25) is 11.8 Å². The van der Waals surface area contributed by atoms with Gasteiger partial charge in [0.25, 0.3) is 0 Å². The van der Waals surface area contributed by atoms with Gasteiger partial charge in [-0.15, -0.1) is 0 Å². The van der Waals surface area contributed by atoms with Crippen LogP contribution in [0.5, 0.6) is 28.9 Å². The van der Waals surface area contributed by atoms with Gasteiger partial charge in [0.1, 0.15) is 36.2 Å². The van der Waals surface area contributed by atoms with Crippen molar-refractivity contribution >= 4 is 18.1 Å². The van der Waals surface area contributed by atoms with Crippen molar-refractivity contribution in [3.8, 4) is 28.9 Å². The van der Waals surface area contributed by atoms with Crippen LogP contribution in [0, 0.1) is 13.8 Å². The van der Waals surface area contributed by atoms with Crippen LogP contribution in [0.4, 0.5) is 0 Å². The predicted molar refractivity (Wildman–Crippen MR) is 206 cm³/mol. The molecule has 8 heteroatoms. The summed E-state index contributed by atoms with van der Waals surface area (Å²) in [6, 6.07) is 33.9. The van der Waals surface area contributed by atoms with Gasteiger partial charge in [0.05, 0.1) is 13.3 Å². The highest BCUT2D eigenvalue weighted by atomic mass is 16.5. The van der Waals surface area contributed by atoms with Crippen molar-refractivity contribution in [2.75, 3.05) is 39.9 Å². The molecule has 1 aliphatic rings. The third-order valence-corrected chi connectivity index (χ3v) is 8.85. The lowest BCUT2D eigenvalue weighted by Crippen LogP contribution is -2.47. The number of ether oxygens (including phenoxy) is 4. The number of piperazine rings is 1. The maximum Gasteiger partial charge on any atom is 0.246 e. The minimum atomic E-state index is 0.0289. The van der Waals surface area contributed by atoms with Crippen LogP contribution < -0.4 is 18.9 Å². The Balaban J connectivity index is 0.932. The van der Waals surface area contributed by atoms with Gasteiger partial charge in [-0.3, -0.25) is 9.69 Å². The fourth-order valence-corrected chi connectivity index (χ4v) is 5.98. The number of aromatic nitrogens is 1. The normalized spacial score (nSPS) is 13.4. The van der Waals surface area contributed by atoms with Gasteiger partial charge in [-0.05, 0) is 102 Å². The van der Waals surface area contributed by atoms with Crippen molar-refractivity contribution in [3.63, 3.8) is 0 Å². The molecule has 0 spiro atoms. The molecule has 4 aromatic carbocycles. The van der Waals surface area contributed by atoms with E-state index in [-0.39, 0.29) is 5.91 Å². The Hall–Kier alpha value is -5.86. The summed E-state index contributed by atoms with van der Waals surface area (Å²) in [5.41, 5.74) is 6.32. The number of para-hydroxylation sites is 1. The number of nitrogens with zero attached hydrogens (tertiary/aromatic N) is 3. The molecular formula is C44H45N3O5. The SMILES string of the molecule is COc1ccc(COc2ccc(Oc3c(C)cc(/C=C/C(=O)N4CCN(Cc5ccc(/C=C/COc6ccccc6)cc5)CC4)cc3C)nc2)cc1. The van der Waals surface area contributed by atoms with E-state index >= 15 is 0 Å². The highest BCUT2D eigenvalue weighted by molar-refractivity contribution is 5.92. The molecule has 0 unspecified atom stereocenters. The van der Waals surface area contributed by atoms with E-state index in [4.69, 9.17) is 18.9 Å². The quantitative estimate of drug-likeness (QED) is 0.108. The van der Waals surface area contributed by atoms with E-state index in [1.54, 1.807) is 25.4 Å². The molecule has 0 bridgehead atoms. The number of aryl methyl sites for hydroxylation is 2. The summed E-state index contributed by atoms with van der Waals surface area (Å²) in [5, 5.41) is 0. The minimum Gasteiger partial charge on any atom is -0.497 e. The number of methoxy groups -OCH3 is 1. The third kappa shape index (κ3) is 10.3. The second-order valence-electron chi connectivity index (χ2n) is 12.8. The molecule has 6 rings (SSSR count). The topological polar surface area (TPSA) is 73.4 Å². The van der Waals surface area contributed by atoms with E-state index in [9.17, 15) is 4.79 Å². The molecule has 1 saturated heterocycles. The summed E-state index contributed by atoms with van der Waals surface area (Å²) in [6.45, 7) is 8.91. The van der Waals surface area contributed by atoms with Gasteiger partial charge in [0.15, 0.2) is 0 Å². The second-order valence-corrected chi connectivity index (χ2v) is 12.8. The summed E-state index contributed by atoms with van der Waals surface area (Å²) < 4.78 is 23.0. The number of hydrogen-bond donors (Lipinski definition) is 0. The minimum absolute atomic E-state index is 0.0289. The van der Waals surface area contributed by atoms with Crippen LogP contribution in [0.25, 0.3) is 12.2 Å². The Kier molecular flexibility index (Phi) is 12.4. The molecule has 0 radical (unpaired) electrons. The highest BCUT2D eigenvalue weighted by Gasteiger charge is 2.20. The molecule has 5 aromatic rings. The van der Waals surface area contributed by atoms with Crippen LogP contribution in [-0.2, 0) is 17.9 Å². The molecule has 0 aliphatic carbocycles. The standard InChI is InChI=1S/C44H45N3O5/c1-33-28-38(29-34(2)44(33)52-42-21-20-41(30-45-42)51-32-37-15-18-39(49-3)19-16-37)17-22-43(48)47-25-23-46(24-26-47)31-36-13-11-35(12-14-36)8-7-27-50-40-9-5-4-6-10-40/h4-22,28-30H,23-27,31-32H2,1-3H3/b8-7+,22-17+. The smallest absolute Gasteiger partial charge is 0.246 e. The Labute approximate surface area is 306 Å². The summed E-state index contributed by atoms with van der Waals surface area (Å²) >= 11 is 0. The molecule has 266 valence electrons. The summed E-state index contributed by atoms with van der Waals surface area (Å²) in [7, 11) is 1.65. The Bertz CT molecular complexity index is 1930. The van der Waals surface area contributed by atoms with E-state index in [1.165, 1.54) is 5.56 Å². The van der Waals surface area contributed by atoms with Gasteiger partial charge in [0, 0.05) is 44.9 Å². The number of pyridine rings is 1. The molecule has 52 heavy (non-hydrogen) atoms. The fourth-order valence-electron chi connectivity index (χ4n) is 5.98. The number of carbonyl (C=O) groups excluding carboxylic acids is 1. The lowest BCUT2D eigenvalue weighted by atomic mass is 10.1. The zero-order valence-corrected chi connectivity index (χ0v) is 30.0. The molecule has 0 saturated carbocycles. The number of carbonyl (C=O) groups is 1. The lowest BCUT2D eigenvalue weighted by molar-refractivity contribution is -0.127. The van der Waals surface area contributed by atoms with Crippen LogP contribution >= 0.6 is 0 Å². The number of hydrogen-bond acceptors (Lipinski definition) is 7. The van der Waals surface area contributed by atoms with Crippen molar-refractivity contribution in [1.29, 1.82) is 0 Å². The molecule has 0 N–H and O–H groups in total. The first-order valence-corrected chi connectivity index (χ1v) is 17.6. The zero-order chi connectivity index (χ0) is 36.1. The monoisotopic (exact) mass is 695 g/mol. The highest BCUT2D eigenvalue weighted by Crippen LogP contribution is 2.30. The average molecular weight is 696 g/mol. The van der Waals surface area contributed by atoms with Crippen molar-refractivity contribution < 1.29 is 23.7 Å². The van der Waals surface area contributed by atoms with Crippen LogP contribution in [0.15, 0.2) is 121 Å². The largest absolute Gasteiger partial charge is 0.497 e. The van der Waals surface area contributed by atoms with Crippen molar-refractivity contribution in [2.24, 2.45) is 0 Å². The van der Waals surface area contributed by atoms with Gasteiger partial charge in [-0.1, -0.05) is 60.7 Å². The van der Waals surface area contributed by atoms with Crippen LogP contribution in [0.1, 0.15) is 33.4 Å². The summed E-state index contributed by atoms with van der Waals surface area (Å²) in [6.07, 6.45) is 9.33. The Morgan fingerprint density at radius 2 is 1.42 bits per heavy atom. The van der Waals surface area contributed by atoms with E-state index < -0.39 is 0 Å². The van der Waals surface area contributed by atoms with Crippen molar-refractivity contribution in [3.05, 3.63) is 155 Å². The lowest BCUT2D eigenvalue weighted by Gasteiger charge is -2.34. The molecule has 1 amide bonds. The van der Waals surface area contributed by atoms with Crippen LogP contribution in [0.2, 0.25) is 0 Å². The number of rotatable bonds is 14. The van der Waals surface area contributed by atoms with E-state index in [0.29, 0.717) is 37.9 Å². The van der Waals surface area contributed by atoms with E-state index in [1.807, 2.05) is 104 Å². The predicted octanol–water partition coefficient (Wildman–Crippen LogP) is 8.53. The van der Waals surface area contributed by atoms with Crippen LogP contribution in [-0.4, -0.2) is 60.6 Å². The van der Waals surface area contributed by atoms with Gasteiger partial charge < -0.3 is 23.8 Å². The average Bonchev–Trinajstić information content (AvgIpc) is 3.18. The van der Waals surface area contributed by atoms with Crippen molar-refractivity contribution in [1.82, 2.24) is 14.8 Å². The third-order valence-electron chi connectivity index (χ3n) is 8.85. The summed E-state index contributed by atoms with van der Waals surface area (Å²) in [4.78, 5) is 21.8. The molecule has 2 heterocycles. The number of amides is 1. The van der Waals surface area contributed by atoms with Crippen LogP contribution in [0.3, 0.4) is 0 Å². The molecule has 1 aromatic heterocycles. The van der Waals surface area contributed by atoms with Gasteiger partial charge >= 0.3 is 0 Å². The molecular weight excluding hydrogens is 650 g/mol. The number of benzene rings is 4.